The summed E-state index contributed by atoms with van der Waals surface area (Å²) in [6.07, 6.45) is 2.88. The second-order valence-electron chi connectivity index (χ2n) is 9.35. The molecule has 2 saturated heterocycles. The van der Waals surface area contributed by atoms with E-state index < -0.39 is 11.7 Å². The lowest BCUT2D eigenvalue weighted by Gasteiger charge is -2.39. The molecule has 0 radical (unpaired) electrons. The van der Waals surface area contributed by atoms with Crippen molar-refractivity contribution in [3.8, 4) is 0 Å². The van der Waals surface area contributed by atoms with Crippen molar-refractivity contribution in [2.24, 2.45) is 11.8 Å². The molecular formula is C23H30ClF3N4O2. The number of aromatic nitrogens is 1. The first-order chi connectivity index (χ1) is 15.7. The van der Waals surface area contributed by atoms with Crippen LogP contribution in [0.1, 0.15) is 50.5 Å². The van der Waals surface area contributed by atoms with Crippen LogP contribution in [-0.4, -0.2) is 65.9 Å². The number of carbonyl (C=O) groups excluding carboxylic acids is 2. The largest absolute Gasteiger partial charge is 0.417 e. The van der Waals surface area contributed by atoms with Crippen molar-refractivity contribution in [2.75, 3.05) is 44.2 Å². The maximum absolute atomic E-state index is 13.0. The first kappa shape index (κ1) is 24.1. The fourth-order valence-corrected chi connectivity index (χ4v) is 5.47. The predicted octanol–water partition coefficient (Wildman–Crippen LogP) is 4.22. The Hall–Kier alpha value is -2.03. The van der Waals surface area contributed by atoms with Gasteiger partial charge in [-0.3, -0.25) is 9.59 Å². The molecule has 1 saturated carbocycles. The molecule has 3 aliphatic rings. The van der Waals surface area contributed by atoms with Gasteiger partial charge in [-0.1, -0.05) is 24.4 Å². The first-order valence-electron chi connectivity index (χ1n) is 11.8. The van der Waals surface area contributed by atoms with Crippen LogP contribution < -0.4 is 4.90 Å². The number of anilines is 1. The Morgan fingerprint density at radius 2 is 1.58 bits per heavy atom. The summed E-state index contributed by atoms with van der Waals surface area (Å²) in [5.41, 5.74) is -0.873. The highest BCUT2D eigenvalue weighted by molar-refractivity contribution is 6.33. The lowest BCUT2D eigenvalue weighted by atomic mass is 9.95. The number of nitrogens with zero attached hydrogens (tertiary/aromatic N) is 4. The summed E-state index contributed by atoms with van der Waals surface area (Å²) < 4.78 is 38.5. The molecule has 182 valence electrons. The third kappa shape index (κ3) is 5.73. The van der Waals surface area contributed by atoms with E-state index in [9.17, 15) is 22.8 Å². The molecule has 10 heteroatoms. The number of piperidine rings is 1. The fraction of sp³-hybridized carbons (Fsp3) is 0.696. The van der Waals surface area contributed by atoms with E-state index in [4.69, 9.17) is 11.6 Å². The number of halogens is 4. The summed E-state index contributed by atoms with van der Waals surface area (Å²) in [6, 6.07) is 0.897. The van der Waals surface area contributed by atoms with Gasteiger partial charge in [0.2, 0.25) is 11.8 Å². The summed E-state index contributed by atoms with van der Waals surface area (Å²) in [5.74, 6) is 1.03. The van der Waals surface area contributed by atoms with Gasteiger partial charge < -0.3 is 14.7 Å². The number of pyridine rings is 1. The maximum atomic E-state index is 13.0. The van der Waals surface area contributed by atoms with E-state index in [0.717, 1.165) is 25.1 Å². The number of carbonyl (C=O) groups is 2. The molecule has 0 atom stereocenters. The molecule has 4 rings (SSSR count). The van der Waals surface area contributed by atoms with Crippen LogP contribution in [0.15, 0.2) is 12.3 Å². The monoisotopic (exact) mass is 486 g/mol. The first-order valence-corrected chi connectivity index (χ1v) is 12.1. The normalized spacial score (nSPS) is 21.0. The molecule has 1 aliphatic carbocycles. The van der Waals surface area contributed by atoms with Crippen molar-refractivity contribution in [2.45, 2.75) is 51.1 Å². The van der Waals surface area contributed by atoms with E-state index in [1.807, 2.05) is 14.7 Å². The fourth-order valence-electron chi connectivity index (χ4n) is 5.18. The highest BCUT2D eigenvalue weighted by Gasteiger charge is 2.34. The third-order valence-electron chi connectivity index (χ3n) is 7.17. The number of hydrogen-bond donors (Lipinski definition) is 0. The molecule has 0 spiro atoms. The number of piperazine rings is 1. The van der Waals surface area contributed by atoms with Crippen molar-refractivity contribution in [3.63, 3.8) is 0 Å². The molecular weight excluding hydrogens is 457 g/mol. The smallest absolute Gasteiger partial charge is 0.355 e. The zero-order chi connectivity index (χ0) is 23.6. The van der Waals surface area contributed by atoms with Gasteiger partial charge in [0.25, 0.3) is 0 Å². The van der Waals surface area contributed by atoms with E-state index in [1.54, 1.807) is 0 Å². The van der Waals surface area contributed by atoms with E-state index in [1.165, 1.54) is 12.8 Å². The second kappa shape index (κ2) is 10.1. The van der Waals surface area contributed by atoms with Crippen molar-refractivity contribution >= 4 is 29.2 Å². The Morgan fingerprint density at radius 1 is 0.970 bits per heavy atom. The molecule has 0 N–H and O–H groups in total. The molecule has 1 aromatic heterocycles. The highest BCUT2D eigenvalue weighted by Crippen LogP contribution is 2.35. The molecule has 3 fully saturated rings. The van der Waals surface area contributed by atoms with Crippen molar-refractivity contribution in [1.82, 2.24) is 14.8 Å². The minimum Gasteiger partial charge on any atom is -0.355 e. The Morgan fingerprint density at radius 3 is 2.15 bits per heavy atom. The third-order valence-corrected chi connectivity index (χ3v) is 7.45. The zero-order valence-corrected chi connectivity index (χ0v) is 19.4. The summed E-state index contributed by atoms with van der Waals surface area (Å²) >= 11 is 6.07. The topological polar surface area (TPSA) is 56.8 Å². The molecule has 0 unspecified atom stereocenters. The summed E-state index contributed by atoms with van der Waals surface area (Å²) in [4.78, 5) is 35.1. The van der Waals surface area contributed by atoms with Crippen LogP contribution in [0.4, 0.5) is 19.0 Å². The Balaban J connectivity index is 1.25. The summed E-state index contributed by atoms with van der Waals surface area (Å²) in [5, 5.41) is -0.0343. The molecule has 6 nitrogen and oxygen atoms in total. The average molecular weight is 487 g/mol. The molecule has 0 bridgehead atoms. The quantitative estimate of drug-likeness (QED) is 0.639. The van der Waals surface area contributed by atoms with Crippen molar-refractivity contribution < 1.29 is 22.8 Å². The Labute approximate surface area is 197 Å². The van der Waals surface area contributed by atoms with Gasteiger partial charge in [-0.05, 0) is 37.7 Å². The number of amides is 2. The number of rotatable bonds is 4. The lowest BCUT2D eigenvalue weighted by Crippen LogP contribution is -2.53. The number of alkyl halides is 3. The maximum Gasteiger partial charge on any atom is 0.417 e. The van der Waals surface area contributed by atoms with Gasteiger partial charge in [-0.2, -0.15) is 13.2 Å². The predicted molar refractivity (Wildman–Crippen MR) is 119 cm³/mol. The van der Waals surface area contributed by atoms with Crippen LogP contribution in [0, 0.1) is 11.8 Å². The van der Waals surface area contributed by atoms with Gasteiger partial charge in [-0.15, -0.1) is 0 Å². The molecule has 2 aliphatic heterocycles. The zero-order valence-electron chi connectivity index (χ0n) is 18.6. The molecule has 33 heavy (non-hydrogen) atoms. The SMILES string of the molecule is O=C(CC1CCCC1)N1CCN(C(=O)C2CCN(c3ncc(C(F)(F)F)cc3Cl)CC2)CC1. The second-order valence-corrected chi connectivity index (χ2v) is 9.76. The van der Waals surface area contributed by atoms with Crippen LogP contribution in [0.5, 0.6) is 0 Å². The molecule has 2 amide bonds. The minimum absolute atomic E-state index is 0.0343. The minimum atomic E-state index is -4.49. The molecule has 1 aromatic rings. The van der Waals surface area contributed by atoms with Gasteiger partial charge in [0.15, 0.2) is 0 Å². The van der Waals surface area contributed by atoms with Gasteiger partial charge in [0.1, 0.15) is 5.82 Å². The van der Waals surface area contributed by atoms with E-state index >= 15 is 0 Å². The highest BCUT2D eigenvalue weighted by atomic mass is 35.5. The summed E-state index contributed by atoms with van der Waals surface area (Å²) in [6.45, 7) is 3.30. The Kier molecular flexibility index (Phi) is 7.36. The van der Waals surface area contributed by atoms with Crippen molar-refractivity contribution in [3.05, 3.63) is 22.8 Å². The van der Waals surface area contributed by atoms with Gasteiger partial charge >= 0.3 is 6.18 Å². The van der Waals surface area contributed by atoms with Gasteiger partial charge in [0, 0.05) is 57.8 Å². The lowest BCUT2D eigenvalue weighted by molar-refractivity contribution is -0.143. The average Bonchev–Trinajstić information content (AvgIpc) is 3.31. The van der Waals surface area contributed by atoms with Gasteiger partial charge in [-0.25, -0.2) is 4.98 Å². The van der Waals surface area contributed by atoms with Crippen LogP contribution >= 0.6 is 11.6 Å². The summed E-state index contributed by atoms with van der Waals surface area (Å²) in [7, 11) is 0. The molecule has 0 aromatic carbocycles. The standard InChI is InChI=1S/C23H30ClF3N4O2/c24-19-14-18(23(25,26)27)15-28-21(19)30-7-5-17(6-8-30)22(33)31-11-9-29(10-12-31)20(32)13-16-3-1-2-4-16/h14-17H,1-13H2. The van der Waals surface area contributed by atoms with Crippen LogP contribution in [0.3, 0.4) is 0 Å². The number of hydrogen-bond acceptors (Lipinski definition) is 4. The van der Waals surface area contributed by atoms with Crippen LogP contribution in [0.2, 0.25) is 5.02 Å². The van der Waals surface area contributed by atoms with Crippen LogP contribution in [0.25, 0.3) is 0 Å². The van der Waals surface area contributed by atoms with Crippen molar-refractivity contribution in [1.29, 1.82) is 0 Å². The molecule has 3 heterocycles. The van der Waals surface area contributed by atoms with E-state index in [-0.39, 0.29) is 22.8 Å². The van der Waals surface area contributed by atoms with Crippen LogP contribution in [-0.2, 0) is 15.8 Å². The van der Waals surface area contributed by atoms with Gasteiger partial charge in [0.05, 0.1) is 10.6 Å². The van der Waals surface area contributed by atoms with E-state index in [2.05, 4.69) is 4.98 Å². The Bertz CT molecular complexity index is 860. The van der Waals surface area contributed by atoms with E-state index in [0.29, 0.717) is 70.3 Å².